The van der Waals surface area contributed by atoms with Gasteiger partial charge in [0.2, 0.25) is 0 Å². The summed E-state index contributed by atoms with van der Waals surface area (Å²) in [6.07, 6.45) is 2.28. The van der Waals surface area contributed by atoms with Gasteiger partial charge < -0.3 is 0 Å². The number of hydrogen-bond donors (Lipinski definition) is 0. The van der Waals surface area contributed by atoms with Crippen LogP contribution in [-0.4, -0.2) is 15.8 Å². The van der Waals surface area contributed by atoms with Crippen molar-refractivity contribution in [2.75, 3.05) is 0 Å². The molecule has 0 nitrogen and oxygen atoms in total. The van der Waals surface area contributed by atoms with E-state index in [-0.39, 0.29) is 15.8 Å². The molecule has 1 unspecified atom stereocenters. The Bertz CT molecular complexity index is 131. The molecule has 0 aliphatic carbocycles. The third-order valence-corrected chi connectivity index (χ3v) is 3.49. The van der Waals surface area contributed by atoms with Crippen LogP contribution < -0.4 is 0 Å². The summed E-state index contributed by atoms with van der Waals surface area (Å²) in [6.45, 7) is 4.38. The third kappa shape index (κ3) is 1.21. The summed E-state index contributed by atoms with van der Waals surface area (Å²) in [4.78, 5) is 2.37. The molecule has 0 saturated carbocycles. The zero-order valence-corrected chi connectivity index (χ0v) is 6.75. The van der Waals surface area contributed by atoms with Gasteiger partial charge >= 0.3 is 50.5 Å². The van der Waals surface area contributed by atoms with E-state index in [1.54, 1.807) is 4.36 Å². The van der Waals surface area contributed by atoms with E-state index in [2.05, 4.69) is 24.8 Å². The van der Waals surface area contributed by atoms with Gasteiger partial charge in [-0.15, -0.1) is 0 Å². The van der Waals surface area contributed by atoms with Crippen molar-refractivity contribution in [2.45, 2.75) is 13.8 Å². The van der Waals surface area contributed by atoms with Crippen LogP contribution in [-0.2, 0) is 0 Å². The summed E-state index contributed by atoms with van der Waals surface area (Å²) in [5.41, 5.74) is 1.47. The van der Waals surface area contributed by atoms with Gasteiger partial charge in [-0.3, -0.25) is 0 Å². The first kappa shape index (κ1) is 5.18. The van der Waals surface area contributed by atoms with Crippen molar-refractivity contribution in [3.8, 4) is 0 Å². The van der Waals surface area contributed by atoms with E-state index in [0.29, 0.717) is 0 Å². The fourth-order valence-electron chi connectivity index (χ4n) is 0.653. The molecule has 0 amide bonds. The minimum atomic E-state index is 0.225. The maximum atomic E-state index is 2.37. The van der Waals surface area contributed by atoms with Crippen LogP contribution in [0.25, 0.3) is 0 Å². The molecule has 38 valence electrons. The predicted molar refractivity (Wildman–Crippen MR) is 34.7 cm³/mol. The normalized spacial score (nSPS) is 22.6. The summed E-state index contributed by atoms with van der Waals surface area (Å²) in [6, 6.07) is 0. The first-order valence-corrected chi connectivity index (χ1v) is 4.67. The molecule has 0 spiro atoms. The van der Waals surface area contributed by atoms with E-state index in [1.165, 1.54) is 5.57 Å². The topological polar surface area (TPSA) is 0 Å². The molecule has 0 aromatic carbocycles. The molecule has 1 heterocycles. The van der Waals surface area contributed by atoms with Gasteiger partial charge in [0.1, 0.15) is 0 Å². The monoisotopic (exact) mass is 156 g/mol. The van der Waals surface area contributed by atoms with Crippen LogP contribution >= 0.6 is 0 Å². The van der Waals surface area contributed by atoms with Crippen molar-refractivity contribution in [1.82, 2.24) is 0 Å². The Hall–Kier alpha value is 0.0384. The molecule has 1 heteroatoms. The van der Waals surface area contributed by atoms with E-state index in [4.69, 9.17) is 0 Å². The fourth-order valence-corrected chi connectivity index (χ4v) is 2.44. The molecule has 1 atom stereocenters. The Morgan fingerprint density at radius 1 is 1.43 bits per heavy atom. The van der Waals surface area contributed by atoms with E-state index in [1.807, 2.05) is 0 Å². The van der Waals surface area contributed by atoms with Crippen molar-refractivity contribution < 1.29 is 0 Å². The zero-order valence-electron chi connectivity index (χ0n) is 4.65. The standard InChI is InChI=1S/C6H9As/c1-5-3-6(2)7-4-5/h3-4,7H,1-2H3. The van der Waals surface area contributed by atoms with E-state index in [0.717, 1.165) is 0 Å². The van der Waals surface area contributed by atoms with Crippen LogP contribution in [0.4, 0.5) is 0 Å². The second-order valence-electron chi connectivity index (χ2n) is 1.86. The Kier molecular flexibility index (Phi) is 1.39. The van der Waals surface area contributed by atoms with Gasteiger partial charge in [-0.1, -0.05) is 0 Å². The molecular formula is C6H9As. The summed E-state index contributed by atoms with van der Waals surface area (Å²) >= 11 is 0.225. The van der Waals surface area contributed by atoms with Crippen molar-refractivity contribution in [2.24, 2.45) is 0 Å². The Morgan fingerprint density at radius 2 is 2.14 bits per heavy atom. The summed E-state index contributed by atoms with van der Waals surface area (Å²) in [5, 5.41) is 0. The van der Waals surface area contributed by atoms with Crippen LogP contribution in [0.5, 0.6) is 0 Å². The van der Waals surface area contributed by atoms with Gasteiger partial charge in [0.05, 0.1) is 0 Å². The van der Waals surface area contributed by atoms with E-state index < -0.39 is 0 Å². The Balaban J connectivity index is 2.69. The van der Waals surface area contributed by atoms with Gasteiger partial charge in [-0.2, -0.15) is 0 Å². The van der Waals surface area contributed by atoms with Crippen molar-refractivity contribution in [1.29, 1.82) is 0 Å². The molecule has 7 heavy (non-hydrogen) atoms. The van der Waals surface area contributed by atoms with Gasteiger partial charge in [0.15, 0.2) is 0 Å². The quantitative estimate of drug-likeness (QED) is 0.463. The molecule has 0 saturated heterocycles. The summed E-state index contributed by atoms with van der Waals surface area (Å²) in [7, 11) is 0. The SMILES string of the molecule is CC1=C[AsH]C(C)=C1. The molecular weight excluding hydrogens is 147 g/mol. The fraction of sp³-hybridized carbons (Fsp3) is 0.333. The van der Waals surface area contributed by atoms with Crippen LogP contribution in [0.3, 0.4) is 0 Å². The van der Waals surface area contributed by atoms with Crippen LogP contribution in [0.15, 0.2) is 20.9 Å². The van der Waals surface area contributed by atoms with Crippen LogP contribution in [0.2, 0.25) is 0 Å². The minimum absolute atomic E-state index is 0.225. The van der Waals surface area contributed by atoms with Crippen LogP contribution in [0.1, 0.15) is 13.8 Å². The first-order valence-electron chi connectivity index (χ1n) is 2.40. The van der Waals surface area contributed by atoms with Gasteiger partial charge in [-0.25, -0.2) is 0 Å². The molecule has 0 aromatic rings. The predicted octanol–water partition coefficient (Wildman–Crippen LogP) is 1.24. The second kappa shape index (κ2) is 1.88. The van der Waals surface area contributed by atoms with Crippen molar-refractivity contribution in [3.05, 3.63) is 20.9 Å². The van der Waals surface area contributed by atoms with E-state index in [9.17, 15) is 0 Å². The Labute approximate surface area is 51.0 Å². The maximum absolute atomic E-state index is 2.37. The molecule has 1 aliphatic heterocycles. The zero-order chi connectivity index (χ0) is 5.28. The summed E-state index contributed by atoms with van der Waals surface area (Å²) in [5.74, 6) is 0. The van der Waals surface area contributed by atoms with Crippen molar-refractivity contribution >= 4 is 15.8 Å². The number of allylic oxidation sites excluding steroid dienone is 3. The average molecular weight is 156 g/mol. The molecule has 0 N–H and O–H groups in total. The molecule has 1 aliphatic rings. The molecule has 0 fully saturated rings. The molecule has 1 rings (SSSR count). The molecule has 0 radical (unpaired) electrons. The average Bonchev–Trinajstić information content (AvgIpc) is 1.87. The summed E-state index contributed by atoms with van der Waals surface area (Å²) < 4.78 is 1.61. The molecule has 0 aromatic heterocycles. The van der Waals surface area contributed by atoms with Gasteiger partial charge in [0.25, 0.3) is 0 Å². The molecule has 0 bridgehead atoms. The van der Waals surface area contributed by atoms with E-state index >= 15 is 0 Å². The van der Waals surface area contributed by atoms with Crippen molar-refractivity contribution in [3.63, 3.8) is 0 Å². The van der Waals surface area contributed by atoms with Crippen LogP contribution in [0, 0.1) is 0 Å². The second-order valence-corrected chi connectivity index (χ2v) is 4.73. The first-order chi connectivity index (χ1) is 3.29. The van der Waals surface area contributed by atoms with Gasteiger partial charge in [0, 0.05) is 0 Å². The third-order valence-electron chi connectivity index (χ3n) is 0.972. The Morgan fingerprint density at radius 3 is 2.29 bits per heavy atom. The number of rotatable bonds is 0. The number of hydrogen-bond acceptors (Lipinski definition) is 0. The van der Waals surface area contributed by atoms with Gasteiger partial charge in [-0.05, 0) is 0 Å².